The van der Waals surface area contributed by atoms with Crippen molar-refractivity contribution < 1.29 is 33.0 Å². The van der Waals surface area contributed by atoms with Gasteiger partial charge in [0.1, 0.15) is 29.3 Å². The number of nitrogens with one attached hydrogen (secondary N) is 1. The predicted octanol–water partition coefficient (Wildman–Crippen LogP) is 7.40. The molecule has 4 aromatic rings. The minimum Gasteiger partial charge on any atom is -0.497 e. The first-order chi connectivity index (χ1) is 22.2. The van der Waals surface area contributed by atoms with Gasteiger partial charge in [-0.2, -0.15) is 0 Å². The summed E-state index contributed by atoms with van der Waals surface area (Å²) in [5, 5.41) is 4.17. The fraction of sp³-hybridized carbons (Fsp3) is 0.429. The third-order valence-electron chi connectivity index (χ3n) is 8.83. The number of rotatable bonds is 12. The van der Waals surface area contributed by atoms with Crippen LogP contribution in [-0.2, 0) is 27.1 Å². The van der Waals surface area contributed by atoms with Gasteiger partial charge in [0.15, 0.2) is 8.32 Å². The zero-order valence-corrected chi connectivity index (χ0v) is 30.2. The lowest BCUT2D eigenvalue weighted by Crippen LogP contribution is -2.40. The van der Waals surface area contributed by atoms with Gasteiger partial charge in [-0.05, 0) is 61.8 Å². The molecule has 0 amide bonds. The number of hydrogen-bond acceptors (Lipinski definition) is 10. The van der Waals surface area contributed by atoms with Crippen LogP contribution >= 0.6 is 0 Å². The monoisotopic (exact) mass is 662 g/mol. The maximum Gasteiger partial charge on any atom is 0.338 e. The molecule has 0 saturated carbocycles. The van der Waals surface area contributed by atoms with E-state index in [9.17, 15) is 9.59 Å². The summed E-state index contributed by atoms with van der Waals surface area (Å²) in [6.45, 7) is 15.8. The van der Waals surface area contributed by atoms with Gasteiger partial charge in [-0.3, -0.25) is 0 Å². The van der Waals surface area contributed by atoms with E-state index in [1.54, 1.807) is 26.4 Å². The molecule has 1 N–H and O–H groups in total. The van der Waals surface area contributed by atoms with E-state index in [2.05, 4.69) is 62.6 Å². The lowest BCUT2D eigenvalue weighted by molar-refractivity contribution is 0.0599. The first-order valence-corrected chi connectivity index (χ1v) is 18.4. The van der Waals surface area contributed by atoms with Crippen molar-refractivity contribution in [3.8, 4) is 22.6 Å². The Morgan fingerprint density at radius 2 is 1.64 bits per heavy atom. The molecular formula is C35H46N4O7Si. The van der Waals surface area contributed by atoms with Gasteiger partial charge >= 0.3 is 11.9 Å². The molecule has 252 valence electrons. The van der Waals surface area contributed by atoms with E-state index in [0.29, 0.717) is 46.0 Å². The molecule has 2 aromatic carbocycles. The van der Waals surface area contributed by atoms with Crippen molar-refractivity contribution in [1.29, 1.82) is 0 Å². The van der Waals surface area contributed by atoms with Crippen LogP contribution in [0.4, 0.5) is 5.82 Å². The average Bonchev–Trinajstić information content (AvgIpc) is 3.39. The Kier molecular flexibility index (Phi) is 10.7. The van der Waals surface area contributed by atoms with Crippen molar-refractivity contribution in [2.45, 2.75) is 71.9 Å². The number of carbonyl (C=O) groups is 2. The van der Waals surface area contributed by atoms with Gasteiger partial charge < -0.3 is 33.3 Å². The van der Waals surface area contributed by atoms with Crippen LogP contribution < -0.4 is 14.8 Å². The number of carbonyl (C=O) groups excluding carboxylic acids is 2. The molecule has 0 saturated heterocycles. The maximum atomic E-state index is 13.3. The van der Waals surface area contributed by atoms with E-state index >= 15 is 0 Å². The number of benzene rings is 2. The molecule has 0 spiro atoms. The van der Waals surface area contributed by atoms with E-state index in [1.807, 2.05) is 18.2 Å². The van der Waals surface area contributed by atoms with Crippen LogP contribution in [0.5, 0.6) is 11.5 Å². The van der Waals surface area contributed by atoms with E-state index in [4.69, 9.17) is 28.4 Å². The molecule has 4 rings (SSSR count). The van der Waals surface area contributed by atoms with Gasteiger partial charge in [0, 0.05) is 29.8 Å². The molecule has 47 heavy (non-hydrogen) atoms. The van der Waals surface area contributed by atoms with Gasteiger partial charge in [0.2, 0.25) is 0 Å². The van der Waals surface area contributed by atoms with E-state index in [-0.39, 0.29) is 28.8 Å². The van der Waals surface area contributed by atoms with Crippen LogP contribution in [0.2, 0.25) is 18.1 Å². The maximum absolute atomic E-state index is 13.3. The molecule has 12 heteroatoms. The highest BCUT2D eigenvalue weighted by atomic mass is 28.4. The Labute approximate surface area is 277 Å². The van der Waals surface area contributed by atoms with Crippen LogP contribution in [-0.4, -0.2) is 63.2 Å². The summed E-state index contributed by atoms with van der Waals surface area (Å²) in [6.07, 6.45) is 1.53. The summed E-state index contributed by atoms with van der Waals surface area (Å²) in [4.78, 5) is 35.3. The van der Waals surface area contributed by atoms with Crippen molar-refractivity contribution in [1.82, 2.24) is 14.5 Å². The molecule has 0 aliphatic heterocycles. The van der Waals surface area contributed by atoms with Crippen LogP contribution in [0, 0.1) is 0 Å². The zero-order chi connectivity index (χ0) is 34.7. The van der Waals surface area contributed by atoms with Gasteiger partial charge in [-0.25, -0.2) is 19.6 Å². The van der Waals surface area contributed by atoms with Crippen LogP contribution in [0.15, 0.2) is 42.7 Å². The second-order valence-electron chi connectivity index (χ2n) is 13.0. The van der Waals surface area contributed by atoms with E-state index in [0.717, 1.165) is 11.3 Å². The number of aromatic nitrogens is 3. The molecule has 0 fully saturated rings. The van der Waals surface area contributed by atoms with Crippen LogP contribution in [0.3, 0.4) is 0 Å². The van der Waals surface area contributed by atoms with Crippen molar-refractivity contribution >= 4 is 37.1 Å². The second kappa shape index (κ2) is 14.1. The summed E-state index contributed by atoms with van der Waals surface area (Å²) >= 11 is 0. The number of hydrogen-bond donors (Lipinski definition) is 1. The molecule has 0 atom stereocenters. The summed E-state index contributed by atoms with van der Waals surface area (Å²) in [5.41, 5.74) is 4.11. The Morgan fingerprint density at radius 3 is 2.23 bits per heavy atom. The second-order valence-corrected chi connectivity index (χ2v) is 17.8. The molecule has 0 aliphatic rings. The van der Waals surface area contributed by atoms with Gasteiger partial charge in [0.05, 0.1) is 57.3 Å². The first kappa shape index (κ1) is 35.4. The number of anilines is 1. The van der Waals surface area contributed by atoms with E-state index < -0.39 is 20.3 Å². The fourth-order valence-electron chi connectivity index (χ4n) is 5.23. The Morgan fingerprint density at radius 1 is 0.936 bits per heavy atom. The van der Waals surface area contributed by atoms with Gasteiger partial charge in [-0.15, -0.1) is 0 Å². The zero-order valence-electron chi connectivity index (χ0n) is 29.2. The number of nitrogens with zero attached hydrogens (tertiary/aromatic N) is 3. The minimum atomic E-state index is -2.22. The molecule has 0 aliphatic carbocycles. The Balaban J connectivity index is 2.03. The standard InChI is InChI=1S/C35H46N4O7Si/c1-21(2)39-27(19-46-47(10,11)35(3,4)5)29(25-15-13-22(33(40)44-8)16-26(25)34(41)45-9)30-31(37-20-38-32(30)39)36-18-23-12-14-24(42-6)17-28(23)43-7/h12-17,20-21H,18-19H2,1-11H3,(H,36,37,38). The normalized spacial score (nSPS) is 11.9. The van der Waals surface area contributed by atoms with Crippen molar-refractivity contribution in [2.75, 3.05) is 33.8 Å². The lowest BCUT2D eigenvalue weighted by Gasteiger charge is -2.36. The quantitative estimate of drug-likeness (QED) is 0.121. The molecule has 0 unspecified atom stereocenters. The van der Waals surface area contributed by atoms with Gasteiger partial charge in [0.25, 0.3) is 0 Å². The number of methoxy groups -OCH3 is 4. The van der Waals surface area contributed by atoms with Crippen molar-refractivity contribution in [2.24, 2.45) is 0 Å². The summed E-state index contributed by atoms with van der Waals surface area (Å²) in [5.74, 6) is 0.748. The van der Waals surface area contributed by atoms with Crippen molar-refractivity contribution in [3.05, 3.63) is 65.1 Å². The highest BCUT2D eigenvalue weighted by Crippen LogP contribution is 2.43. The predicted molar refractivity (Wildman–Crippen MR) is 185 cm³/mol. The Bertz CT molecular complexity index is 1780. The third kappa shape index (κ3) is 7.13. The number of ether oxygens (including phenoxy) is 4. The van der Waals surface area contributed by atoms with Crippen LogP contribution in [0.1, 0.15) is 72.6 Å². The first-order valence-electron chi connectivity index (χ1n) is 15.5. The SMILES string of the molecule is COC(=O)c1ccc(-c2c(CO[Si](C)(C)C(C)(C)C)n(C(C)C)c3ncnc(NCc4ccc(OC)cc4OC)c23)c(C(=O)OC)c1. The number of fused-ring (bicyclic) bond motifs is 1. The fourth-order valence-corrected chi connectivity index (χ4v) is 6.16. The largest absolute Gasteiger partial charge is 0.497 e. The van der Waals surface area contributed by atoms with Crippen LogP contribution in [0.25, 0.3) is 22.2 Å². The van der Waals surface area contributed by atoms with Gasteiger partial charge in [-0.1, -0.05) is 26.8 Å². The molecular weight excluding hydrogens is 616 g/mol. The molecule has 2 aromatic heterocycles. The minimum absolute atomic E-state index is 0.0235. The molecule has 0 radical (unpaired) electrons. The summed E-state index contributed by atoms with van der Waals surface area (Å²) in [6, 6.07) is 10.5. The number of esters is 2. The summed E-state index contributed by atoms with van der Waals surface area (Å²) < 4.78 is 30.1. The Hall–Kier alpha value is -4.42. The van der Waals surface area contributed by atoms with Crippen molar-refractivity contribution in [3.63, 3.8) is 0 Å². The molecule has 0 bridgehead atoms. The highest BCUT2D eigenvalue weighted by Gasteiger charge is 2.38. The highest BCUT2D eigenvalue weighted by molar-refractivity contribution is 6.74. The third-order valence-corrected chi connectivity index (χ3v) is 13.3. The average molecular weight is 663 g/mol. The summed E-state index contributed by atoms with van der Waals surface area (Å²) in [7, 11) is 3.61. The smallest absolute Gasteiger partial charge is 0.338 e. The topological polar surface area (TPSA) is 123 Å². The van der Waals surface area contributed by atoms with E-state index in [1.165, 1.54) is 26.6 Å². The molecule has 11 nitrogen and oxygen atoms in total. The lowest BCUT2D eigenvalue weighted by atomic mass is 9.95. The molecule has 2 heterocycles.